The van der Waals surface area contributed by atoms with Gasteiger partial charge in [-0.1, -0.05) is 20.8 Å². The Kier molecular flexibility index (Phi) is 6.24. The average Bonchev–Trinajstić information content (AvgIpc) is 2.31. The van der Waals surface area contributed by atoms with Gasteiger partial charge in [0.2, 0.25) is 0 Å². The van der Waals surface area contributed by atoms with Crippen molar-refractivity contribution in [2.75, 3.05) is 34.8 Å². The van der Waals surface area contributed by atoms with Crippen LogP contribution < -0.4 is 5.32 Å². The summed E-state index contributed by atoms with van der Waals surface area (Å²) in [5.41, 5.74) is -0.109. The fourth-order valence-corrected chi connectivity index (χ4v) is 2.60. The number of rotatable bonds is 5. The van der Waals surface area contributed by atoms with Crippen LogP contribution in [0.5, 0.6) is 0 Å². The van der Waals surface area contributed by atoms with Crippen molar-refractivity contribution >= 4 is 16.3 Å². The zero-order valence-corrected chi connectivity index (χ0v) is 13.5. The molecule has 0 rings (SSSR count). The molecule has 1 atom stereocenters. The van der Waals surface area contributed by atoms with Crippen LogP contribution in [0.4, 0.5) is 4.79 Å². The van der Waals surface area contributed by atoms with E-state index in [9.17, 15) is 13.2 Å². The molecule has 0 spiro atoms. The molecule has 1 amide bonds. The van der Waals surface area contributed by atoms with Crippen LogP contribution in [0.1, 0.15) is 20.8 Å². The van der Waals surface area contributed by atoms with Crippen LogP contribution in [0, 0.1) is 5.41 Å². The molecule has 0 radical (unpaired) electrons. The maximum atomic E-state index is 12.1. The topological polar surface area (TPSA) is 79.0 Å². The highest BCUT2D eigenvalue weighted by Crippen LogP contribution is 2.20. The molecule has 0 fully saturated rings. The highest BCUT2D eigenvalue weighted by molar-refractivity contribution is 7.87. The first-order valence-corrected chi connectivity index (χ1v) is 7.33. The van der Waals surface area contributed by atoms with E-state index < -0.39 is 16.3 Å². The molecule has 0 bridgehead atoms. The molecule has 0 saturated heterocycles. The van der Waals surface area contributed by atoms with Crippen molar-refractivity contribution in [3.63, 3.8) is 0 Å². The summed E-state index contributed by atoms with van der Waals surface area (Å²) >= 11 is 0. The summed E-state index contributed by atoms with van der Waals surface area (Å²) in [7, 11) is 1.66. The van der Waals surface area contributed by atoms with Gasteiger partial charge in [-0.3, -0.25) is 0 Å². The van der Waals surface area contributed by atoms with Crippen LogP contribution in [0.2, 0.25) is 0 Å². The zero-order chi connectivity index (χ0) is 15.4. The van der Waals surface area contributed by atoms with Crippen LogP contribution in [0.3, 0.4) is 0 Å². The van der Waals surface area contributed by atoms with Crippen LogP contribution in [0.15, 0.2) is 0 Å². The van der Waals surface area contributed by atoms with Crippen LogP contribution in [0.25, 0.3) is 0 Å². The highest BCUT2D eigenvalue weighted by atomic mass is 32.2. The lowest BCUT2D eigenvalue weighted by Crippen LogP contribution is -2.51. The third kappa shape index (κ3) is 4.63. The highest BCUT2D eigenvalue weighted by Gasteiger charge is 2.32. The van der Waals surface area contributed by atoms with Crippen molar-refractivity contribution in [2.45, 2.75) is 26.8 Å². The molecule has 1 N–H and O–H groups in total. The van der Waals surface area contributed by atoms with Crippen LogP contribution >= 0.6 is 0 Å². The second kappa shape index (κ2) is 6.53. The lowest BCUT2D eigenvalue weighted by molar-refractivity contribution is 0.152. The van der Waals surface area contributed by atoms with Crippen LogP contribution in [-0.2, 0) is 14.9 Å². The number of hydrogen-bond donors (Lipinski definition) is 1. The Morgan fingerprint density at radius 1 is 1.32 bits per heavy atom. The molecule has 7 nitrogen and oxygen atoms in total. The van der Waals surface area contributed by atoms with Crippen molar-refractivity contribution in [3.8, 4) is 0 Å². The van der Waals surface area contributed by atoms with E-state index in [2.05, 4.69) is 10.1 Å². The predicted octanol–water partition coefficient (Wildman–Crippen LogP) is 0.495. The molecule has 0 aromatic rings. The summed E-state index contributed by atoms with van der Waals surface area (Å²) in [6.07, 6.45) is -0.913. The Hall–Kier alpha value is -0.860. The van der Waals surface area contributed by atoms with Gasteiger partial charge in [-0.25, -0.2) is 4.79 Å². The Morgan fingerprint density at radius 3 is 2.11 bits per heavy atom. The van der Waals surface area contributed by atoms with Gasteiger partial charge in [-0.15, -0.1) is 0 Å². The van der Waals surface area contributed by atoms with E-state index in [1.165, 1.54) is 14.1 Å². The number of amides is 1. The standard InChI is InChI=1S/C11H25N3O4S/c1-11(2,3)9(12-4)8-13(5)19(16,17)14(6)10(15)18-7/h9,12H,8H2,1-7H3/t9-/m1/s1. The maximum absolute atomic E-state index is 12.1. The maximum Gasteiger partial charge on any atom is 0.424 e. The minimum Gasteiger partial charge on any atom is -0.452 e. The molecule has 0 saturated carbocycles. The molecule has 0 aliphatic carbocycles. The Labute approximate surface area is 116 Å². The Morgan fingerprint density at radius 2 is 1.79 bits per heavy atom. The van der Waals surface area contributed by atoms with Gasteiger partial charge in [0.15, 0.2) is 0 Å². The number of ether oxygens (including phenoxy) is 1. The second-order valence-electron chi connectivity index (χ2n) is 5.43. The van der Waals surface area contributed by atoms with Crippen molar-refractivity contribution < 1.29 is 17.9 Å². The number of nitrogens with one attached hydrogen (secondary N) is 1. The van der Waals surface area contributed by atoms with Gasteiger partial charge < -0.3 is 10.1 Å². The van der Waals surface area contributed by atoms with E-state index in [0.29, 0.717) is 4.31 Å². The Bertz CT molecular complexity index is 403. The molecular weight excluding hydrogens is 270 g/mol. The van der Waals surface area contributed by atoms with E-state index in [1.54, 1.807) is 7.05 Å². The van der Waals surface area contributed by atoms with Crippen molar-refractivity contribution in [2.24, 2.45) is 5.41 Å². The number of carbonyl (C=O) groups excluding carboxylic acids is 1. The number of carbonyl (C=O) groups is 1. The minimum atomic E-state index is -3.86. The number of hydrogen-bond acceptors (Lipinski definition) is 5. The molecule has 0 aliphatic rings. The van der Waals surface area contributed by atoms with Gasteiger partial charge in [0.05, 0.1) is 7.11 Å². The normalized spacial score (nSPS) is 14.3. The van der Waals surface area contributed by atoms with E-state index in [4.69, 9.17) is 0 Å². The Balaban J connectivity index is 5.01. The van der Waals surface area contributed by atoms with Gasteiger partial charge in [0.25, 0.3) is 0 Å². The molecule has 8 heteroatoms. The predicted molar refractivity (Wildman–Crippen MR) is 74.0 cm³/mol. The van der Waals surface area contributed by atoms with E-state index in [-0.39, 0.29) is 18.0 Å². The van der Waals surface area contributed by atoms with Crippen molar-refractivity contribution in [1.82, 2.24) is 13.9 Å². The summed E-state index contributed by atoms with van der Waals surface area (Å²) in [4.78, 5) is 11.3. The summed E-state index contributed by atoms with van der Waals surface area (Å²) in [6, 6.07) is -0.0432. The lowest BCUT2D eigenvalue weighted by Gasteiger charge is -2.34. The summed E-state index contributed by atoms with van der Waals surface area (Å²) < 4.78 is 30.4. The van der Waals surface area contributed by atoms with Gasteiger partial charge in [0.1, 0.15) is 0 Å². The average molecular weight is 295 g/mol. The monoisotopic (exact) mass is 295 g/mol. The SMILES string of the molecule is CN[C@H](CN(C)S(=O)(=O)N(C)C(=O)OC)C(C)(C)C. The van der Waals surface area contributed by atoms with E-state index in [1.807, 2.05) is 20.8 Å². The fraction of sp³-hybridized carbons (Fsp3) is 0.909. The molecule has 114 valence electrons. The lowest BCUT2D eigenvalue weighted by atomic mass is 9.87. The number of likely N-dealkylation sites (N-methyl/N-ethyl adjacent to an activating group) is 2. The first-order chi connectivity index (χ1) is 8.48. The van der Waals surface area contributed by atoms with Gasteiger partial charge in [-0.2, -0.15) is 17.0 Å². The van der Waals surface area contributed by atoms with Crippen molar-refractivity contribution in [3.05, 3.63) is 0 Å². The second-order valence-corrected chi connectivity index (χ2v) is 7.50. The number of nitrogens with zero attached hydrogens (tertiary/aromatic N) is 2. The van der Waals surface area contributed by atoms with Gasteiger partial charge in [-0.05, 0) is 12.5 Å². The molecule has 0 aromatic heterocycles. The molecule has 0 aliphatic heterocycles. The quantitative estimate of drug-likeness (QED) is 0.799. The van der Waals surface area contributed by atoms with Crippen molar-refractivity contribution in [1.29, 1.82) is 0 Å². The minimum absolute atomic E-state index is 0.0432. The third-order valence-electron chi connectivity index (χ3n) is 3.01. The molecule has 0 aromatic carbocycles. The van der Waals surface area contributed by atoms with E-state index >= 15 is 0 Å². The summed E-state index contributed by atoms with van der Waals surface area (Å²) in [5.74, 6) is 0. The molecule has 0 unspecified atom stereocenters. The van der Waals surface area contributed by atoms with E-state index in [0.717, 1.165) is 11.4 Å². The molecular formula is C11H25N3O4S. The first-order valence-electron chi connectivity index (χ1n) is 5.93. The summed E-state index contributed by atoms with van der Waals surface area (Å²) in [6.45, 7) is 6.29. The first kappa shape index (κ1) is 18.1. The smallest absolute Gasteiger partial charge is 0.424 e. The third-order valence-corrected chi connectivity index (χ3v) is 4.78. The molecule has 19 heavy (non-hydrogen) atoms. The van der Waals surface area contributed by atoms with Gasteiger partial charge in [0, 0.05) is 26.7 Å². The number of methoxy groups -OCH3 is 1. The fourth-order valence-electron chi connectivity index (χ4n) is 1.58. The molecule has 0 heterocycles. The van der Waals surface area contributed by atoms with Gasteiger partial charge >= 0.3 is 16.3 Å². The van der Waals surface area contributed by atoms with Crippen LogP contribution in [-0.4, -0.2) is 64.0 Å². The summed E-state index contributed by atoms with van der Waals surface area (Å²) in [5, 5.41) is 3.09. The zero-order valence-electron chi connectivity index (χ0n) is 12.7. The largest absolute Gasteiger partial charge is 0.452 e.